The average Bonchev–Trinajstić information content (AvgIpc) is 3.15. The van der Waals surface area contributed by atoms with Crippen LogP contribution in [0.15, 0.2) is 48.5 Å². The van der Waals surface area contributed by atoms with Crippen LogP contribution in [0.2, 0.25) is 0 Å². The highest BCUT2D eigenvalue weighted by Crippen LogP contribution is 2.35. The maximum Gasteiger partial charge on any atom is 0.417 e. The molecule has 0 radical (unpaired) electrons. The lowest BCUT2D eigenvalue weighted by Gasteiger charge is -2.33. The molecule has 0 unspecified atom stereocenters. The fourth-order valence-corrected chi connectivity index (χ4v) is 3.51. The summed E-state index contributed by atoms with van der Waals surface area (Å²) in [5.74, 6) is -0.625. The van der Waals surface area contributed by atoms with Gasteiger partial charge in [-0.2, -0.15) is 18.4 Å². The number of ether oxygens (including phenoxy) is 1. The number of anilines is 1. The Morgan fingerprint density at radius 2 is 1.94 bits per heavy atom. The summed E-state index contributed by atoms with van der Waals surface area (Å²) in [6.45, 7) is 1.88. The number of carbonyl (C=O) groups excluding carboxylic acids is 2. The molecule has 1 N–H and O–H groups in total. The minimum Gasteiger partial charge on any atom is -0.445 e. The monoisotopic (exact) mass is 431 g/mol. The van der Waals surface area contributed by atoms with Crippen LogP contribution in [0.1, 0.15) is 36.5 Å². The third kappa shape index (κ3) is 4.79. The summed E-state index contributed by atoms with van der Waals surface area (Å²) in [4.78, 5) is 26.8. The summed E-state index contributed by atoms with van der Waals surface area (Å²) in [6, 6.07) is 13.5. The minimum atomic E-state index is -4.74. The molecule has 2 aromatic rings. The molecule has 1 atom stereocenters. The Balaban J connectivity index is 1.74. The van der Waals surface area contributed by atoms with Crippen molar-refractivity contribution in [3.8, 4) is 6.07 Å². The van der Waals surface area contributed by atoms with E-state index >= 15 is 0 Å². The van der Waals surface area contributed by atoms with Crippen LogP contribution in [-0.2, 0) is 22.3 Å². The van der Waals surface area contributed by atoms with Crippen molar-refractivity contribution in [2.45, 2.75) is 38.1 Å². The first kappa shape index (κ1) is 22.2. The van der Waals surface area contributed by atoms with Crippen LogP contribution in [0.4, 0.5) is 23.7 Å². The molecule has 0 aliphatic carbocycles. The highest BCUT2D eigenvalue weighted by atomic mass is 19.4. The lowest BCUT2D eigenvalue weighted by atomic mass is 9.97. The van der Waals surface area contributed by atoms with Crippen molar-refractivity contribution < 1.29 is 27.5 Å². The van der Waals surface area contributed by atoms with Gasteiger partial charge in [0.25, 0.3) is 0 Å². The maximum atomic E-state index is 13.2. The zero-order chi connectivity index (χ0) is 22.6. The van der Waals surface area contributed by atoms with E-state index in [0.717, 1.165) is 11.6 Å². The SMILES string of the molecule is C[C@@]1(C(=O)Nc2ccc(C#N)c(C(F)(F)F)c2)CCCN1C(=O)OCc1ccccc1. The van der Waals surface area contributed by atoms with Gasteiger partial charge in [0.15, 0.2) is 0 Å². The molecule has 162 valence electrons. The van der Waals surface area contributed by atoms with Gasteiger partial charge in [-0.3, -0.25) is 9.69 Å². The van der Waals surface area contributed by atoms with Gasteiger partial charge in [-0.05, 0) is 43.5 Å². The van der Waals surface area contributed by atoms with Gasteiger partial charge in [-0.25, -0.2) is 4.79 Å². The summed E-state index contributed by atoms with van der Waals surface area (Å²) >= 11 is 0. The Morgan fingerprint density at radius 3 is 2.58 bits per heavy atom. The van der Waals surface area contributed by atoms with Crippen molar-refractivity contribution in [1.82, 2.24) is 4.90 Å². The number of alkyl halides is 3. The fourth-order valence-electron chi connectivity index (χ4n) is 3.51. The molecule has 1 aliphatic heterocycles. The van der Waals surface area contributed by atoms with Crippen molar-refractivity contribution in [2.24, 2.45) is 0 Å². The molecule has 6 nitrogen and oxygen atoms in total. The molecule has 1 saturated heterocycles. The predicted octanol–water partition coefficient (Wildman–Crippen LogP) is 4.71. The van der Waals surface area contributed by atoms with Crippen molar-refractivity contribution in [2.75, 3.05) is 11.9 Å². The van der Waals surface area contributed by atoms with Crippen LogP contribution in [0.5, 0.6) is 0 Å². The van der Waals surface area contributed by atoms with E-state index in [0.29, 0.717) is 25.5 Å². The molecule has 1 heterocycles. The Morgan fingerprint density at radius 1 is 1.23 bits per heavy atom. The molecule has 0 saturated carbocycles. The lowest BCUT2D eigenvalue weighted by Crippen LogP contribution is -2.53. The number of likely N-dealkylation sites (tertiary alicyclic amines) is 1. The molecular weight excluding hydrogens is 411 g/mol. The summed E-state index contributed by atoms with van der Waals surface area (Å²) in [5.41, 5.74) is -2.27. The van der Waals surface area contributed by atoms with Gasteiger partial charge in [0.2, 0.25) is 5.91 Å². The first-order valence-electron chi connectivity index (χ1n) is 9.56. The molecule has 0 spiro atoms. The molecule has 3 rings (SSSR count). The van der Waals surface area contributed by atoms with Crippen LogP contribution < -0.4 is 5.32 Å². The van der Waals surface area contributed by atoms with E-state index in [2.05, 4.69) is 5.32 Å². The molecular formula is C22H20F3N3O3. The number of benzene rings is 2. The van der Waals surface area contributed by atoms with E-state index < -0.39 is 34.8 Å². The molecule has 0 bridgehead atoms. The zero-order valence-corrected chi connectivity index (χ0v) is 16.7. The highest BCUT2D eigenvalue weighted by Gasteiger charge is 2.46. The van der Waals surface area contributed by atoms with E-state index in [1.807, 2.05) is 18.2 Å². The van der Waals surface area contributed by atoms with Crippen molar-refractivity contribution in [1.29, 1.82) is 5.26 Å². The number of amides is 2. The van der Waals surface area contributed by atoms with E-state index in [9.17, 15) is 22.8 Å². The first-order chi connectivity index (χ1) is 14.6. The zero-order valence-electron chi connectivity index (χ0n) is 16.7. The van der Waals surface area contributed by atoms with Crippen LogP contribution in [0.3, 0.4) is 0 Å². The quantitative estimate of drug-likeness (QED) is 0.760. The van der Waals surface area contributed by atoms with Crippen LogP contribution in [0.25, 0.3) is 0 Å². The fraction of sp³-hybridized carbons (Fsp3) is 0.318. The number of nitrogens with one attached hydrogen (secondary N) is 1. The second-order valence-electron chi connectivity index (χ2n) is 7.39. The van der Waals surface area contributed by atoms with Gasteiger partial charge in [-0.15, -0.1) is 0 Å². The number of nitriles is 1. The lowest BCUT2D eigenvalue weighted by molar-refractivity contribution is -0.137. The number of nitrogens with zero attached hydrogens (tertiary/aromatic N) is 2. The largest absolute Gasteiger partial charge is 0.445 e. The smallest absolute Gasteiger partial charge is 0.417 e. The van der Waals surface area contributed by atoms with Gasteiger partial charge in [0.1, 0.15) is 12.1 Å². The first-order valence-corrected chi connectivity index (χ1v) is 9.56. The van der Waals surface area contributed by atoms with Gasteiger partial charge < -0.3 is 10.1 Å². The summed E-state index contributed by atoms with van der Waals surface area (Å²) < 4.78 is 44.9. The molecule has 2 amide bonds. The van der Waals surface area contributed by atoms with E-state index in [4.69, 9.17) is 10.00 Å². The summed E-state index contributed by atoms with van der Waals surface area (Å²) in [5, 5.41) is 11.4. The number of rotatable bonds is 4. The second-order valence-corrected chi connectivity index (χ2v) is 7.39. The Labute approximate surface area is 177 Å². The topological polar surface area (TPSA) is 82.4 Å². The standard InChI is InChI=1S/C22H20F3N3O3/c1-21(10-5-11-28(21)20(30)31-14-15-6-3-2-4-7-15)19(29)27-17-9-8-16(13-26)18(12-17)22(23,24)25/h2-4,6-9,12H,5,10-11,14H2,1H3,(H,27,29)/t21-/m0/s1. The summed E-state index contributed by atoms with van der Waals surface area (Å²) in [7, 11) is 0. The van der Waals surface area contributed by atoms with Crippen molar-refractivity contribution >= 4 is 17.7 Å². The number of hydrogen-bond acceptors (Lipinski definition) is 4. The molecule has 9 heteroatoms. The van der Waals surface area contributed by atoms with Gasteiger partial charge >= 0.3 is 12.3 Å². The average molecular weight is 431 g/mol. The molecule has 1 aliphatic rings. The number of halogens is 3. The Bertz CT molecular complexity index is 1020. The van der Waals surface area contributed by atoms with Gasteiger partial charge in [0.05, 0.1) is 17.2 Å². The third-order valence-electron chi connectivity index (χ3n) is 5.26. The van der Waals surface area contributed by atoms with Crippen molar-refractivity contribution in [3.05, 3.63) is 65.2 Å². The maximum absolute atomic E-state index is 13.2. The number of carbonyl (C=O) groups is 2. The predicted molar refractivity (Wildman–Crippen MR) is 106 cm³/mol. The van der Waals surface area contributed by atoms with E-state index in [-0.39, 0.29) is 12.3 Å². The normalized spacial score (nSPS) is 18.4. The van der Waals surface area contributed by atoms with Crippen LogP contribution in [0, 0.1) is 11.3 Å². The minimum absolute atomic E-state index is 0.0401. The summed E-state index contributed by atoms with van der Waals surface area (Å²) in [6.07, 6.45) is -4.53. The second kappa shape index (κ2) is 8.68. The third-order valence-corrected chi connectivity index (χ3v) is 5.26. The van der Waals surface area contributed by atoms with E-state index in [1.54, 1.807) is 19.1 Å². The van der Waals surface area contributed by atoms with Gasteiger partial charge in [-0.1, -0.05) is 30.3 Å². The van der Waals surface area contributed by atoms with Crippen LogP contribution >= 0.6 is 0 Å². The number of hydrogen-bond donors (Lipinski definition) is 1. The molecule has 1 fully saturated rings. The molecule has 0 aromatic heterocycles. The highest BCUT2D eigenvalue weighted by molar-refractivity contribution is 6.00. The van der Waals surface area contributed by atoms with Crippen molar-refractivity contribution in [3.63, 3.8) is 0 Å². The Hall–Kier alpha value is -3.54. The molecule has 31 heavy (non-hydrogen) atoms. The van der Waals surface area contributed by atoms with E-state index in [1.165, 1.54) is 17.0 Å². The Kier molecular flexibility index (Phi) is 6.20. The molecule has 2 aromatic carbocycles. The van der Waals surface area contributed by atoms with Crippen LogP contribution in [-0.4, -0.2) is 29.0 Å². The van der Waals surface area contributed by atoms with Gasteiger partial charge in [0, 0.05) is 12.2 Å².